The molecule has 0 bridgehead atoms. The molecule has 2 nitrogen and oxygen atoms in total. The molecule has 0 radical (unpaired) electrons. The largest absolute Gasteiger partial charge is 0.291 e. The molecule has 0 amide bonds. The maximum atomic E-state index is 5.12. The topological polar surface area (TPSA) is 17.8 Å². The maximum absolute atomic E-state index is 5.12. The average Bonchev–Trinajstić information content (AvgIpc) is 3.14. The first-order valence-corrected chi connectivity index (χ1v) is 10.7. The highest BCUT2D eigenvalue weighted by molar-refractivity contribution is 6.06. The summed E-state index contributed by atoms with van der Waals surface area (Å²) < 4.78 is 2.38. The Labute approximate surface area is 177 Å². The van der Waals surface area contributed by atoms with Crippen LogP contribution in [0.5, 0.6) is 0 Å². The van der Waals surface area contributed by atoms with E-state index < -0.39 is 0 Å². The fourth-order valence-corrected chi connectivity index (χ4v) is 4.37. The van der Waals surface area contributed by atoms with Crippen LogP contribution in [0.1, 0.15) is 25.0 Å². The van der Waals surface area contributed by atoms with E-state index >= 15 is 0 Å². The molecule has 4 aromatic carbocycles. The van der Waals surface area contributed by atoms with Gasteiger partial charge in [0, 0.05) is 10.9 Å². The van der Waals surface area contributed by atoms with E-state index in [1.807, 2.05) is 0 Å². The third-order valence-corrected chi connectivity index (χ3v) is 5.68. The Morgan fingerprint density at radius 1 is 0.833 bits per heavy atom. The molecule has 5 aromatic rings. The average molecular weight is 391 g/mol. The smallest absolute Gasteiger partial charge is 0.145 e. The van der Waals surface area contributed by atoms with E-state index in [0.29, 0.717) is 5.92 Å². The molecule has 0 unspecified atom stereocenters. The number of imidazole rings is 1. The third-order valence-electron chi connectivity index (χ3n) is 5.68. The molecular formula is C28H26N2. The summed E-state index contributed by atoms with van der Waals surface area (Å²) in [5.41, 5.74) is 7.20. The van der Waals surface area contributed by atoms with Gasteiger partial charge < -0.3 is 0 Å². The van der Waals surface area contributed by atoms with Crippen LogP contribution in [-0.4, -0.2) is 9.55 Å². The standard InChI is InChI=1S/C28H26N2/c1-19(2)17-23-11-7-8-12-26(23)30-27-24-15-13-20(3)18-22(24)14-16-25(27)29-28(30)21-9-5-4-6-10-21/h4-16,18-19H,17H2,1-3H3. The van der Waals surface area contributed by atoms with Crippen molar-refractivity contribution >= 4 is 21.8 Å². The summed E-state index contributed by atoms with van der Waals surface area (Å²) in [7, 11) is 0. The Morgan fingerprint density at radius 3 is 2.40 bits per heavy atom. The number of para-hydroxylation sites is 1. The van der Waals surface area contributed by atoms with Crippen LogP contribution in [0, 0.1) is 12.8 Å². The van der Waals surface area contributed by atoms with Crippen molar-refractivity contribution in [3.05, 3.63) is 96.1 Å². The van der Waals surface area contributed by atoms with E-state index in [0.717, 1.165) is 23.3 Å². The van der Waals surface area contributed by atoms with Crippen LogP contribution in [0.4, 0.5) is 0 Å². The zero-order valence-corrected chi connectivity index (χ0v) is 17.8. The molecule has 2 heteroatoms. The second-order valence-corrected chi connectivity index (χ2v) is 8.52. The Bertz CT molecular complexity index is 1340. The van der Waals surface area contributed by atoms with Crippen LogP contribution in [0.3, 0.4) is 0 Å². The highest BCUT2D eigenvalue weighted by atomic mass is 15.1. The number of fused-ring (bicyclic) bond motifs is 3. The van der Waals surface area contributed by atoms with Gasteiger partial charge in [0.1, 0.15) is 5.82 Å². The minimum Gasteiger partial charge on any atom is -0.291 e. The van der Waals surface area contributed by atoms with Gasteiger partial charge in [-0.2, -0.15) is 0 Å². The summed E-state index contributed by atoms with van der Waals surface area (Å²) in [6, 6.07) is 30.3. The molecule has 1 aromatic heterocycles. The Hall–Kier alpha value is -3.39. The van der Waals surface area contributed by atoms with E-state index in [4.69, 9.17) is 4.98 Å². The number of aryl methyl sites for hydroxylation is 1. The van der Waals surface area contributed by atoms with Crippen LogP contribution in [0.25, 0.3) is 38.9 Å². The molecule has 0 saturated heterocycles. The predicted molar refractivity (Wildman–Crippen MR) is 127 cm³/mol. The first kappa shape index (κ1) is 18.6. The van der Waals surface area contributed by atoms with Crippen molar-refractivity contribution in [1.82, 2.24) is 9.55 Å². The minimum absolute atomic E-state index is 0.584. The number of hydrogen-bond acceptors (Lipinski definition) is 1. The third kappa shape index (κ3) is 3.19. The number of aromatic nitrogens is 2. The molecule has 5 rings (SSSR count). The number of benzene rings is 4. The Morgan fingerprint density at radius 2 is 1.60 bits per heavy atom. The summed E-state index contributed by atoms with van der Waals surface area (Å²) in [4.78, 5) is 5.12. The van der Waals surface area contributed by atoms with Crippen molar-refractivity contribution in [2.24, 2.45) is 5.92 Å². The monoisotopic (exact) mass is 390 g/mol. The number of nitrogens with zero attached hydrogens (tertiary/aromatic N) is 2. The highest BCUT2D eigenvalue weighted by Crippen LogP contribution is 2.35. The molecule has 0 N–H and O–H groups in total. The van der Waals surface area contributed by atoms with E-state index in [9.17, 15) is 0 Å². The Balaban J connectivity index is 1.91. The van der Waals surface area contributed by atoms with Crippen LogP contribution in [0.15, 0.2) is 84.9 Å². The lowest BCUT2D eigenvalue weighted by Crippen LogP contribution is -2.04. The normalized spacial score (nSPS) is 11.6. The van der Waals surface area contributed by atoms with Gasteiger partial charge in [-0.1, -0.05) is 92.2 Å². The second kappa shape index (κ2) is 7.46. The predicted octanol–water partition coefficient (Wildman–Crippen LogP) is 7.35. The lowest BCUT2D eigenvalue weighted by Gasteiger charge is -2.16. The molecule has 148 valence electrons. The van der Waals surface area contributed by atoms with Crippen molar-refractivity contribution in [2.45, 2.75) is 27.2 Å². The van der Waals surface area contributed by atoms with Gasteiger partial charge in [-0.05, 0) is 42.3 Å². The van der Waals surface area contributed by atoms with Gasteiger partial charge in [0.2, 0.25) is 0 Å². The zero-order chi connectivity index (χ0) is 20.7. The molecule has 0 aliphatic heterocycles. The summed E-state index contributed by atoms with van der Waals surface area (Å²) in [5.74, 6) is 1.58. The lowest BCUT2D eigenvalue weighted by molar-refractivity contribution is 0.645. The van der Waals surface area contributed by atoms with E-state index in [1.54, 1.807) is 0 Å². The van der Waals surface area contributed by atoms with Gasteiger partial charge in [-0.15, -0.1) is 0 Å². The number of rotatable bonds is 4. The molecule has 0 aliphatic carbocycles. The first-order chi connectivity index (χ1) is 14.6. The van der Waals surface area contributed by atoms with Crippen LogP contribution in [0.2, 0.25) is 0 Å². The van der Waals surface area contributed by atoms with Crippen molar-refractivity contribution < 1.29 is 0 Å². The van der Waals surface area contributed by atoms with Gasteiger partial charge in [0.05, 0.1) is 16.7 Å². The van der Waals surface area contributed by atoms with Crippen molar-refractivity contribution in [2.75, 3.05) is 0 Å². The summed E-state index contributed by atoms with van der Waals surface area (Å²) in [6.45, 7) is 6.70. The van der Waals surface area contributed by atoms with Crippen molar-refractivity contribution in [3.8, 4) is 17.1 Å². The Kier molecular flexibility index (Phi) is 4.63. The van der Waals surface area contributed by atoms with Crippen LogP contribution < -0.4 is 0 Å². The molecule has 30 heavy (non-hydrogen) atoms. The molecule has 0 spiro atoms. The highest BCUT2D eigenvalue weighted by Gasteiger charge is 2.18. The molecular weight excluding hydrogens is 364 g/mol. The van der Waals surface area contributed by atoms with Gasteiger partial charge in [0.25, 0.3) is 0 Å². The van der Waals surface area contributed by atoms with Crippen LogP contribution in [-0.2, 0) is 6.42 Å². The van der Waals surface area contributed by atoms with Gasteiger partial charge in [-0.3, -0.25) is 4.57 Å². The molecule has 0 aliphatic rings. The van der Waals surface area contributed by atoms with Gasteiger partial charge in [-0.25, -0.2) is 4.98 Å². The molecule has 1 heterocycles. The minimum atomic E-state index is 0.584. The lowest BCUT2D eigenvalue weighted by atomic mass is 10.0. The summed E-state index contributed by atoms with van der Waals surface area (Å²) in [6.07, 6.45) is 1.04. The molecule has 0 atom stereocenters. The van der Waals surface area contributed by atoms with E-state index in [-0.39, 0.29) is 0 Å². The van der Waals surface area contributed by atoms with Crippen molar-refractivity contribution in [1.29, 1.82) is 0 Å². The van der Waals surface area contributed by atoms with E-state index in [1.165, 1.54) is 33.1 Å². The fourth-order valence-electron chi connectivity index (χ4n) is 4.37. The molecule has 0 saturated carbocycles. The van der Waals surface area contributed by atoms with Gasteiger partial charge >= 0.3 is 0 Å². The van der Waals surface area contributed by atoms with Crippen LogP contribution >= 0.6 is 0 Å². The zero-order valence-electron chi connectivity index (χ0n) is 17.8. The molecule has 0 fully saturated rings. The first-order valence-electron chi connectivity index (χ1n) is 10.7. The van der Waals surface area contributed by atoms with Gasteiger partial charge in [0.15, 0.2) is 0 Å². The van der Waals surface area contributed by atoms with Crippen molar-refractivity contribution in [3.63, 3.8) is 0 Å². The second-order valence-electron chi connectivity index (χ2n) is 8.52. The summed E-state index contributed by atoms with van der Waals surface area (Å²) >= 11 is 0. The maximum Gasteiger partial charge on any atom is 0.145 e. The SMILES string of the molecule is Cc1ccc2c(ccc3nc(-c4ccccc4)n(-c4ccccc4CC(C)C)c32)c1. The summed E-state index contributed by atoms with van der Waals surface area (Å²) in [5, 5.41) is 2.50. The van der Waals surface area contributed by atoms with E-state index in [2.05, 4.69) is 110 Å². The quantitative estimate of drug-likeness (QED) is 0.313. The fraction of sp³-hybridized carbons (Fsp3) is 0.179. The number of hydrogen-bond donors (Lipinski definition) is 0.